The first-order valence-corrected chi connectivity index (χ1v) is 10.7. The van der Waals surface area contributed by atoms with Crippen molar-refractivity contribution in [3.05, 3.63) is 64.2 Å². The van der Waals surface area contributed by atoms with Crippen LogP contribution in [0.4, 0.5) is 0 Å². The molecule has 3 atom stereocenters. The summed E-state index contributed by atoms with van der Waals surface area (Å²) in [6.07, 6.45) is 8.69. The number of ether oxygens (including phenoxy) is 2. The maximum Gasteiger partial charge on any atom is 0.119 e. The van der Waals surface area contributed by atoms with Crippen molar-refractivity contribution < 1.29 is 19.7 Å². The number of terminal acetylenes is 1. The molecule has 5 heteroatoms. The number of hydrogen-bond donors (Lipinski definition) is 2. The van der Waals surface area contributed by atoms with Gasteiger partial charge in [0.2, 0.25) is 0 Å². The smallest absolute Gasteiger partial charge is 0.119 e. The van der Waals surface area contributed by atoms with Crippen molar-refractivity contribution in [3.8, 4) is 18.6 Å². The minimum atomic E-state index is -0.462. The summed E-state index contributed by atoms with van der Waals surface area (Å²) in [5.41, 5.74) is 3.13. The first kappa shape index (κ1) is 26.0. The Labute approximate surface area is 185 Å². The quantitative estimate of drug-likeness (QED) is 0.617. The summed E-state index contributed by atoms with van der Waals surface area (Å²) in [6, 6.07) is 13.8. The molecule has 1 aliphatic heterocycles. The number of hydrogen-bond acceptors (Lipinski definition) is 4. The van der Waals surface area contributed by atoms with Crippen LogP contribution in [-0.4, -0.2) is 35.6 Å². The number of halogens is 1. The van der Waals surface area contributed by atoms with Crippen molar-refractivity contribution in [2.75, 3.05) is 13.2 Å². The molecule has 2 N–H and O–H groups in total. The van der Waals surface area contributed by atoms with Gasteiger partial charge in [-0.25, -0.2) is 0 Å². The summed E-state index contributed by atoms with van der Waals surface area (Å²) in [4.78, 5) is 0. The zero-order valence-electron chi connectivity index (χ0n) is 18.1. The first-order chi connectivity index (χ1) is 14.6. The molecule has 2 aromatic carbocycles. The van der Waals surface area contributed by atoms with Gasteiger partial charge in [0.1, 0.15) is 5.75 Å². The van der Waals surface area contributed by atoms with Gasteiger partial charge >= 0.3 is 0 Å². The Morgan fingerprint density at radius 3 is 2.37 bits per heavy atom. The molecule has 0 aliphatic carbocycles. The van der Waals surface area contributed by atoms with Gasteiger partial charge in [0.15, 0.2) is 0 Å². The molecule has 0 amide bonds. The second-order valence-corrected chi connectivity index (χ2v) is 7.07. The highest BCUT2D eigenvalue weighted by Gasteiger charge is 2.29. The maximum atomic E-state index is 10.0. The van der Waals surface area contributed by atoms with E-state index in [0.717, 1.165) is 22.4 Å². The molecule has 30 heavy (non-hydrogen) atoms. The van der Waals surface area contributed by atoms with E-state index in [2.05, 4.69) is 12.8 Å². The first-order valence-electron chi connectivity index (χ1n) is 10.4. The van der Waals surface area contributed by atoms with Crippen molar-refractivity contribution in [2.24, 2.45) is 0 Å². The molecule has 0 aromatic heterocycles. The van der Waals surface area contributed by atoms with E-state index in [1.54, 1.807) is 0 Å². The predicted octanol–water partition coefficient (Wildman–Crippen LogP) is 5.18. The van der Waals surface area contributed by atoms with Crippen LogP contribution in [0.3, 0.4) is 0 Å². The number of aliphatic hydroxyl groups is 2. The van der Waals surface area contributed by atoms with Crippen molar-refractivity contribution in [2.45, 2.75) is 58.3 Å². The van der Waals surface area contributed by atoms with Crippen LogP contribution in [0.5, 0.6) is 5.75 Å². The zero-order chi connectivity index (χ0) is 22.5. The van der Waals surface area contributed by atoms with Crippen LogP contribution in [0.1, 0.15) is 56.4 Å². The fraction of sp³-hybridized carbons (Fsp3) is 0.440. The summed E-state index contributed by atoms with van der Waals surface area (Å²) in [6.45, 7) is 6.53. The topological polar surface area (TPSA) is 58.9 Å². The van der Waals surface area contributed by atoms with Crippen LogP contribution in [0.2, 0.25) is 5.02 Å². The second-order valence-electron chi connectivity index (χ2n) is 6.66. The number of benzene rings is 2. The predicted molar refractivity (Wildman–Crippen MR) is 123 cm³/mol. The summed E-state index contributed by atoms with van der Waals surface area (Å²) < 4.78 is 11.4. The molecule has 1 fully saturated rings. The molecule has 0 unspecified atom stereocenters. The normalized spacial score (nSPS) is 20.2. The van der Waals surface area contributed by atoms with Gasteiger partial charge in [-0.1, -0.05) is 49.7 Å². The fourth-order valence-electron chi connectivity index (χ4n) is 3.34. The SMILES string of the molecule is C#C.CC.CCOc1ccc(Cc2cc([C@H]3C[C@@H](O)C[C@@H](CO)O3)ccc2Cl)cc1. The van der Waals surface area contributed by atoms with Crippen molar-refractivity contribution in [1.82, 2.24) is 0 Å². The molecule has 0 saturated carbocycles. The molecular weight excluding hydrogens is 400 g/mol. The summed E-state index contributed by atoms with van der Waals surface area (Å²) >= 11 is 6.40. The molecule has 3 rings (SSSR count). The lowest BCUT2D eigenvalue weighted by Crippen LogP contribution is -2.33. The minimum absolute atomic E-state index is 0.0831. The van der Waals surface area contributed by atoms with E-state index in [4.69, 9.17) is 21.1 Å². The van der Waals surface area contributed by atoms with E-state index in [-0.39, 0.29) is 18.8 Å². The van der Waals surface area contributed by atoms with E-state index in [1.807, 2.05) is 63.2 Å². The lowest BCUT2D eigenvalue weighted by Gasteiger charge is -2.32. The van der Waals surface area contributed by atoms with E-state index in [9.17, 15) is 10.2 Å². The van der Waals surface area contributed by atoms with Gasteiger partial charge in [0, 0.05) is 17.9 Å². The standard InChI is InChI=1S/C21H25ClO4.C2H6.C2H2/c1-2-25-18-6-3-14(4-7-18)9-16-10-15(5-8-20(16)22)21-12-17(24)11-19(13-23)26-21;2*1-2/h3-8,10,17,19,21,23-24H,2,9,11-13H2,1H3;1-2H3;1-2H/t17-,19-,21+;;/m0../s1. The van der Waals surface area contributed by atoms with Crippen molar-refractivity contribution >= 4 is 11.6 Å². The largest absolute Gasteiger partial charge is 0.494 e. The van der Waals surface area contributed by atoms with E-state index in [1.165, 1.54) is 0 Å². The van der Waals surface area contributed by atoms with Crippen LogP contribution in [0.25, 0.3) is 0 Å². The highest BCUT2D eigenvalue weighted by atomic mass is 35.5. The minimum Gasteiger partial charge on any atom is -0.494 e. The molecule has 2 aromatic rings. The second kappa shape index (κ2) is 14.1. The molecule has 164 valence electrons. The molecule has 1 heterocycles. The third-order valence-electron chi connectivity index (χ3n) is 4.65. The van der Waals surface area contributed by atoms with Crippen LogP contribution in [0, 0.1) is 12.8 Å². The maximum absolute atomic E-state index is 10.0. The highest BCUT2D eigenvalue weighted by molar-refractivity contribution is 6.31. The number of rotatable bonds is 6. The monoisotopic (exact) mass is 432 g/mol. The van der Waals surface area contributed by atoms with Gasteiger partial charge in [0.05, 0.1) is 31.5 Å². The van der Waals surface area contributed by atoms with E-state index >= 15 is 0 Å². The Balaban J connectivity index is 0.00000106. The van der Waals surface area contributed by atoms with Crippen LogP contribution in [-0.2, 0) is 11.2 Å². The molecule has 1 saturated heterocycles. The molecular formula is C25H33ClO4. The van der Waals surface area contributed by atoms with E-state index < -0.39 is 6.10 Å². The van der Waals surface area contributed by atoms with Crippen LogP contribution >= 0.6 is 11.6 Å². The lowest BCUT2D eigenvalue weighted by molar-refractivity contribution is -0.113. The summed E-state index contributed by atoms with van der Waals surface area (Å²) in [5, 5.41) is 20.1. The average molecular weight is 433 g/mol. The Kier molecular flexibility index (Phi) is 12.2. The van der Waals surface area contributed by atoms with Crippen molar-refractivity contribution in [1.29, 1.82) is 0 Å². The number of aliphatic hydroxyl groups excluding tert-OH is 2. The zero-order valence-corrected chi connectivity index (χ0v) is 18.8. The molecule has 4 nitrogen and oxygen atoms in total. The van der Waals surface area contributed by atoms with Gasteiger partial charge in [-0.15, -0.1) is 12.8 Å². The molecule has 0 bridgehead atoms. The van der Waals surface area contributed by atoms with Gasteiger partial charge in [-0.2, -0.15) is 0 Å². The van der Waals surface area contributed by atoms with Gasteiger partial charge < -0.3 is 19.7 Å². The van der Waals surface area contributed by atoms with Crippen molar-refractivity contribution in [3.63, 3.8) is 0 Å². The molecule has 1 aliphatic rings. The Hall–Kier alpha value is -2.03. The van der Waals surface area contributed by atoms with E-state index in [0.29, 0.717) is 30.9 Å². The fourth-order valence-corrected chi connectivity index (χ4v) is 3.53. The molecule has 0 radical (unpaired) electrons. The lowest BCUT2D eigenvalue weighted by atomic mass is 9.94. The van der Waals surface area contributed by atoms with Gasteiger partial charge in [0.25, 0.3) is 0 Å². The van der Waals surface area contributed by atoms with Gasteiger partial charge in [-0.05, 0) is 48.2 Å². The third-order valence-corrected chi connectivity index (χ3v) is 5.02. The Morgan fingerprint density at radius 1 is 1.10 bits per heavy atom. The Morgan fingerprint density at radius 2 is 1.77 bits per heavy atom. The average Bonchev–Trinajstić information content (AvgIpc) is 2.79. The van der Waals surface area contributed by atoms with Gasteiger partial charge in [-0.3, -0.25) is 0 Å². The Bertz CT molecular complexity index is 757. The highest BCUT2D eigenvalue weighted by Crippen LogP contribution is 2.33. The van der Waals surface area contributed by atoms with Crippen LogP contribution < -0.4 is 4.74 Å². The third kappa shape index (κ3) is 7.66. The summed E-state index contributed by atoms with van der Waals surface area (Å²) in [5.74, 6) is 0.857. The summed E-state index contributed by atoms with van der Waals surface area (Å²) in [7, 11) is 0. The van der Waals surface area contributed by atoms with Crippen LogP contribution in [0.15, 0.2) is 42.5 Å². The molecule has 0 spiro atoms.